The maximum Gasteiger partial charge on any atom is 0.318 e. The Hall–Kier alpha value is -1.97. The van der Waals surface area contributed by atoms with Crippen LogP contribution in [0.5, 0.6) is 0 Å². The lowest BCUT2D eigenvalue weighted by molar-refractivity contribution is -0.136. The van der Waals surface area contributed by atoms with Gasteiger partial charge in [0.05, 0.1) is 11.4 Å². The maximum absolute atomic E-state index is 11.4. The number of nitrogens with one attached hydrogen (secondary N) is 1. The first-order valence-corrected chi connectivity index (χ1v) is 6.46. The summed E-state index contributed by atoms with van der Waals surface area (Å²) in [6, 6.07) is 7.59. The molecule has 0 fully saturated rings. The highest BCUT2D eigenvalue weighted by Gasteiger charge is 2.13. The predicted molar refractivity (Wildman–Crippen MR) is 66.0 cm³/mol. The van der Waals surface area contributed by atoms with Gasteiger partial charge in [-0.15, -0.1) is 0 Å². The molecule has 8 nitrogen and oxygen atoms in total. The van der Waals surface area contributed by atoms with Crippen LogP contribution in [-0.4, -0.2) is 43.7 Å². The topological polar surface area (TPSA) is 147 Å². The standard InChI is InChI=1S/C8H9NO4S.C2H5NO2/c10-8(11)6-9-14(12,13)7-4-2-1-3-5-7;3-1-2(4)5/h1-5,9H,6H2,(H,10,11);1,3H2,(H,4,5). The van der Waals surface area contributed by atoms with Crippen molar-refractivity contribution >= 4 is 22.0 Å². The van der Waals surface area contributed by atoms with Gasteiger partial charge in [0.2, 0.25) is 10.0 Å². The van der Waals surface area contributed by atoms with Crippen LogP contribution >= 0.6 is 0 Å². The Morgan fingerprint density at radius 2 is 1.58 bits per heavy atom. The van der Waals surface area contributed by atoms with Crippen molar-refractivity contribution in [2.24, 2.45) is 5.73 Å². The Morgan fingerprint density at radius 3 is 1.95 bits per heavy atom. The van der Waals surface area contributed by atoms with E-state index >= 15 is 0 Å². The number of carboxylic acid groups (broad SMARTS) is 2. The molecular weight excluding hydrogens is 276 g/mol. The van der Waals surface area contributed by atoms with Crippen LogP contribution in [0.2, 0.25) is 0 Å². The normalized spacial score (nSPS) is 10.2. The van der Waals surface area contributed by atoms with E-state index in [9.17, 15) is 18.0 Å². The molecule has 19 heavy (non-hydrogen) atoms. The van der Waals surface area contributed by atoms with E-state index in [0.29, 0.717) is 0 Å². The van der Waals surface area contributed by atoms with E-state index in [1.54, 1.807) is 18.2 Å². The van der Waals surface area contributed by atoms with Crippen molar-refractivity contribution in [3.63, 3.8) is 0 Å². The summed E-state index contributed by atoms with van der Waals surface area (Å²) in [6.07, 6.45) is 0. The SMILES string of the molecule is NCC(=O)O.O=C(O)CNS(=O)(=O)c1ccccc1. The average molecular weight is 290 g/mol. The smallest absolute Gasteiger partial charge is 0.318 e. The molecular formula is C10H14N2O6S. The van der Waals surface area contributed by atoms with Gasteiger partial charge in [-0.1, -0.05) is 18.2 Å². The molecule has 0 radical (unpaired) electrons. The number of carbonyl (C=O) groups is 2. The van der Waals surface area contributed by atoms with Gasteiger partial charge in [0.15, 0.2) is 0 Å². The first-order valence-electron chi connectivity index (χ1n) is 4.98. The first-order chi connectivity index (χ1) is 8.79. The molecule has 0 amide bonds. The third-order valence-corrected chi connectivity index (χ3v) is 3.06. The molecule has 1 aromatic carbocycles. The lowest BCUT2D eigenvalue weighted by Gasteiger charge is -2.03. The van der Waals surface area contributed by atoms with Gasteiger partial charge < -0.3 is 15.9 Å². The fourth-order valence-electron chi connectivity index (χ4n) is 0.840. The number of carboxylic acids is 2. The van der Waals surface area contributed by atoms with Gasteiger partial charge in [-0.3, -0.25) is 9.59 Å². The molecule has 0 bridgehead atoms. The summed E-state index contributed by atoms with van der Waals surface area (Å²) in [5.41, 5.74) is 4.57. The summed E-state index contributed by atoms with van der Waals surface area (Å²) in [5.74, 6) is -2.19. The Balaban J connectivity index is 0.000000555. The van der Waals surface area contributed by atoms with Crippen LogP contribution in [0.4, 0.5) is 0 Å². The Kier molecular flexibility index (Phi) is 7.34. The molecule has 0 spiro atoms. The zero-order valence-electron chi connectivity index (χ0n) is 9.81. The minimum atomic E-state index is -3.69. The van der Waals surface area contributed by atoms with Gasteiger partial charge in [0.1, 0.15) is 6.54 Å². The summed E-state index contributed by atoms with van der Waals surface area (Å²) in [7, 11) is -3.69. The van der Waals surface area contributed by atoms with Crippen molar-refractivity contribution in [3.8, 4) is 0 Å². The second-order valence-electron chi connectivity index (χ2n) is 3.13. The Morgan fingerprint density at radius 1 is 1.11 bits per heavy atom. The van der Waals surface area contributed by atoms with Crippen LogP contribution < -0.4 is 10.5 Å². The molecule has 9 heteroatoms. The molecule has 0 unspecified atom stereocenters. The number of aliphatic carboxylic acids is 2. The van der Waals surface area contributed by atoms with Gasteiger partial charge in [-0.25, -0.2) is 8.42 Å². The van der Waals surface area contributed by atoms with Crippen molar-refractivity contribution in [3.05, 3.63) is 30.3 Å². The first kappa shape index (κ1) is 17.0. The largest absolute Gasteiger partial charge is 0.480 e. The summed E-state index contributed by atoms with van der Waals surface area (Å²) in [5, 5.41) is 15.9. The van der Waals surface area contributed by atoms with Crippen molar-refractivity contribution in [1.29, 1.82) is 0 Å². The third kappa shape index (κ3) is 7.86. The summed E-state index contributed by atoms with van der Waals surface area (Å²) in [4.78, 5) is 19.5. The monoisotopic (exact) mass is 290 g/mol. The zero-order valence-corrected chi connectivity index (χ0v) is 10.6. The molecule has 5 N–H and O–H groups in total. The fraction of sp³-hybridized carbons (Fsp3) is 0.200. The van der Waals surface area contributed by atoms with Crippen LogP contribution in [0.15, 0.2) is 35.2 Å². The van der Waals surface area contributed by atoms with E-state index in [2.05, 4.69) is 5.73 Å². The highest BCUT2D eigenvalue weighted by Crippen LogP contribution is 2.06. The lowest BCUT2D eigenvalue weighted by Crippen LogP contribution is -2.29. The maximum atomic E-state index is 11.4. The van der Waals surface area contributed by atoms with Crippen LogP contribution in [0.3, 0.4) is 0 Å². The number of hydrogen-bond donors (Lipinski definition) is 4. The Bertz CT molecular complexity index is 514. The molecule has 0 heterocycles. The molecule has 0 aliphatic carbocycles. The molecule has 0 saturated carbocycles. The number of rotatable bonds is 5. The molecule has 0 aromatic heterocycles. The van der Waals surface area contributed by atoms with Crippen molar-refractivity contribution in [1.82, 2.24) is 4.72 Å². The van der Waals surface area contributed by atoms with Crippen molar-refractivity contribution < 1.29 is 28.2 Å². The second-order valence-corrected chi connectivity index (χ2v) is 4.90. The summed E-state index contributed by atoms with van der Waals surface area (Å²) in [6.45, 7) is -0.892. The van der Waals surface area contributed by atoms with E-state index in [1.165, 1.54) is 12.1 Å². The van der Waals surface area contributed by atoms with Crippen LogP contribution in [0, 0.1) is 0 Å². The number of sulfonamides is 1. The van der Waals surface area contributed by atoms with E-state index in [0.717, 1.165) is 0 Å². The Labute approximate surface area is 109 Å². The molecule has 0 saturated heterocycles. The van der Waals surface area contributed by atoms with Crippen LogP contribution in [0.25, 0.3) is 0 Å². The molecule has 0 atom stereocenters. The average Bonchev–Trinajstić information content (AvgIpc) is 2.38. The minimum Gasteiger partial charge on any atom is -0.480 e. The van der Waals surface area contributed by atoms with E-state index in [1.807, 2.05) is 4.72 Å². The van der Waals surface area contributed by atoms with Crippen molar-refractivity contribution in [2.45, 2.75) is 4.90 Å². The molecule has 106 valence electrons. The second kappa shape index (κ2) is 8.19. The van der Waals surface area contributed by atoms with Crippen LogP contribution in [-0.2, 0) is 19.6 Å². The summed E-state index contributed by atoms with van der Waals surface area (Å²) < 4.78 is 24.7. The third-order valence-electron chi connectivity index (χ3n) is 1.64. The highest BCUT2D eigenvalue weighted by molar-refractivity contribution is 7.89. The predicted octanol–water partition coefficient (Wildman–Crippen LogP) is -0.921. The minimum absolute atomic E-state index is 0.0567. The number of hydrogen-bond acceptors (Lipinski definition) is 5. The van der Waals surface area contributed by atoms with E-state index in [4.69, 9.17) is 10.2 Å². The number of nitrogens with two attached hydrogens (primary N) is 1. The molecule has 1 aromatic rings. The van der Waals surface area contributed by atoms with Gasteiger partial charge >= 0.3 is 11.9 Å². The van der Waals surface area contributed by atoms with Gasteiger partial charge in [-0.2, -0.15) is 4.72 Å². The van der Waals surface area contributed by atoms with Gasteiger partial charge in [0.25, 0.3) is 0 Å². The lowest BCUT2D eigenvalue weighted by atomic mass is 10.4. The van der Waals surface area contributed by atoms with Gasteiger partial charge in [0, 0.05) is 0 Å². The fourth-order valence-corrected chi connectivity index (χ4v) is 1.84. The molecule has 0 aliphatic heterocycles. The molecule has 1 rings (SSSR count). The highest BCUT2D eigenvalue weighted by atomic mass is 32.2. The zero-order chi connectivity index (χ0) is 14.9. The number of benzene rings is 1. The van der Waals surface area contributed by atoms with Gasteiger partial charge in [-0.05, 0) is 12.1 Å². The van der Waals surface area contributed by atoms with Crippen molar-refractivity contribution in [2.75, 3.05) is 13.1 Å². The van der Waals surface area contributed by atoms with E-state index < -0.39 is 28.5 Å². The molecule has 0 aliphatic rings. The van der Waals surface area contributed by atoms with Crippen LogP contribution in [0.1, 0.15) is 0 Å². The quantitative estimate of drug-likeness (QED) is 0.548. The van der Waals surface area contributed by atoms with E-state index in [-0.39, 0.29) is 11.4 Å². The summed E-state index contributed by atoms with van der Waals surface area (Å²) >= 11 is 0.